The van der Waals surface area contributed by atoms with Crippen LogP contribution in [0.15, 0.2) is 22.2 Å². The molecule has 9 heteroatoms. The van der Waals surface area contributed by atoms with Crippen molar-refractivity contribution in [2.24, 2.45) is 5.92 Å². The summed E-state index contributed by atoms with van der Waals surface area (Å²) in [7, 11) is 0. The van der Waals surface area contributed by atoms with Gasteiger partial charge in [-0.25, -0.2) is 0 Å². The van der Waals surface area contributed by atoms with Crippen LogP contribution in [-0.4, -0.2) is 40.2 Å². The molecule has 23 heavy (non-hydrogen) atoms. The first-order valence-electron chi connectivity index (χ1n) is 6.77. The monoisotopic (exact) mass is 364 g/mol. The van der Waals surface area contributed by atoms with Gasteiger partial charge in [0, 0.05) is 29.7 Å². The number of fused-ring (bicyclic) bond motifs is 1. The minimum atomic E-state index is -1.33. The van der Waals surface area contributed by atoms with E-state index in [0.29, 0.717) is 11.3 Å². The molecule has 0 aromatic heterocycles. The number of hydrogen-bond acceptors (Lipinski definition) is 6. The molecule has 0 aromatic rings. The normalized spacial score (nSPS) is 24.1. The van der Waals surface area contributed by atoms with Crippen LogP contribution in [0.1, 0.15) is 20.3 Å². The number of carboxylic acids is 1. The van der Waals surface area contributed by atoms with Gasteiger partial charge in [-0.1, -0.05) is 18.7 Å². The summed E-state index contributed by atoms with van der Waals surface area (Å²) in [4.78, 5) is 36.3. The van der Waals surface area contributed by atoms with Crippen molar-refractivity contribution < 1.29 is 49.0 Å². The van der Waals surface area contributed by atoms with E-state index in [1.54, 1.807) is 17.2 Å². The number of carbonyl (C=O) groups is 3. The molecule has 0 bridgehead atoms. The van der Waals surface area contributed by atoms with E-state index in [4.69, 9.17) is 0 Å². The minimum absolute atomic E-state index is 0. The van der Waals surface area contributed by atoms with E-state index >= 15 is 0 Å². The number of nitrogens with one attached hydrogen (secondary N) is 1. The number of rotatable bonds is 6. The van der Waals surface area contributed by atoms with Crippen LogP contribution in [0.4, 0.5) is 0 Å². The predicted octanol–water partition coefficient (Wildman–Crippen LogP) is -2.73. The number of hydrogen-bond donors (Lipinski definition) is 1. The van der Waals surface area contributed by atoms with Crippen molar-refractivity contribution >= 4 is 41.3 Å². The molecule has 1 unspecified atom stereocenters. The number of aliphatic carboxylic acids is 1. The zero-order chi connectivity index (χ0) is 16.4. The third kappa shape index (κ3) is 4.17. The van der Waals surface area contributed by atoms with Gasteiger partial charge in [0.25, 0.3) is 0 Å². The molecule has 3 atom stereocenters. The van der Waals surface area contributed by atoms with E-state index in [1.165, 1.54) is 29.8 Å². The summed E-state index contributed by atoms with van der Waals surface area (Å²) in [5, 5.41) is 15.6. The summed E-state index contributed by atoms with van der Waals surface area (Å²) in [6, 6.07) is -0.0977. The Kier molecular flexibility index (Phi) is 7.73. The summed E-state index contributed by atoms with van der Waals surface area (Å²) >= 11 is 2.80. The average Bonchev–Trinajstić information content (AvgIpc) is 2.78. The van der Waals surface area contributed by atoms with Crippen molar-refractivity contribution in [1.82, 2.24) is 10.2 Å². The Balaban J connectivity index is 0.00000264. The molecule has 2 heterocycles. The van der Waals surface area contributed by atoms with Gasteiger partial charge in [0.2, 0.25) is 11.8 Å². The Morgan fingerprint density at radius 1 is 1.48 bits per heavy atom. The number of amides is 2. The molecule has 2 amide bonds. The molecule has 1 N–H and O–H groups in total. The van der Waals surface area contributed by atoms with Crippen molar-refractivity contribution in [1.29, 1.82) is 0 Å². The molecule has 0 spiro atoms. The maximum absolute atomic E-state index is 12.2. The topological polar surface area (TPSA) is 89.5 Å². The van der Waals surface area contributed by atoms with Gasteiger partial charge in [0.05, 0.1) is 23.6 Å². The summed E-state index contributed by atoms with van der Waals surface area (Å²) in [5.74, 6) is -1.83. The van der Waals surface area contributed by atoms with E-state index in [2.05, 4.69) is 5.32 Å². The number of carboxylic acid groups (broad SMARTS) is 1. The number of β-lactam (4-membered cyclic amide) rings is 1. The van der Waals surface area contributed by atoms with Crippen LogP contribution < -0.4 is 40.0 Å². The predicted molar refractivity (Wildman–Crippen MR) is 84.3 cm³/mol. The van der Waals surface area contributed by atoms with Gasteiger partial charge in [0.1, 0.15) is 0 Å². The second-order valence-electron chi connectivity index (χ2n) is 5.13. The Morgan fingerprint density at radius 3 is 2.65 bits per heavy atom. The molecular weight excluding hydrogens is 347 g/mol. The molecule has 0 saturated carbocycles. The van der Waals surface area contributed by atoms with Crippen molar-refractivity contribution in [2.45, 2.75) is 31.6 Å². The van der Waals surface area contributed by atoms with Gasteiger partial charge in [0.15, 0.2) is 0 Å². The SMILES string of the molecule is CSC(C)[C@H]1C(=O)N2C(C(=O)[O-])=C(S/C=C/NC(C)=O)C[C@H]12.[Na+]. The van der Waals surface area contributed by atoms with Gasteiger partial charge in [-0.3, -0.25) is 9.59 Å². The van der Waals surface area contributed by atoms with Crippen LogP contribution in [0.3, 0.4) is 0 Å². The Labute approximate surface area is 165 Å². The van der Waals surface area contributed by atoms with Gasteiger partial charge in [-0.2, -0.15) is 11.8 Å². The Bertz CT molecular complexity index is 579. The third-order valence-corrected chi connectivity index (χ3v) is 5.76. The summed E-state index contributed by atoms with van der Waals surface area (Å²) in [6.07, 6.45) is 3.90. The fourth-order valence-corrected chi connectivity index (χ4v) is 4.18. The molecule has 0 radical (unpaired) electrons. The van der Waals surface area contributed by atoms with Crippen LogP contribution >= 0.6 is 23.5 Å². The molecule has 0 aromatic carbocycles. The first kappa shape index (κ1) is 20.6. The number of carbonyl (C=O) groups excluding carboxylic acids is 3. The molecular formula is C14H17N2NaO4S2. The van der Waals surface area contributed by atoms with Gasteiger partial charge >= 0.3 is 29.6 Å². The van der Waals surface area contributed by atoms with Crippen LogP contribution in [0.25, 0.3) is 0 Å². The third-order valence-electron chi connectivity index (χ3n) is 3.80. The van der Waals surface area contributed by atoms with Gasteiger partial charge < -0.3 is 20.1 Å². The Hall–Kier alpha value is -0.410. The molecule has 1 fully saturated rings. The summed E-state index contributed by atoms with van der Waals surface area (Å²) < 4.78 is 0. The average molecular weight is 364 g/mol. The Morgan fingerprint density at radius 2 is 2.13 bits per heavy atom. The first-order valence-corrected chi connectivity index (χ1v) is 8.94. The fourth-order valence-electron chi connectivity index (χ4n) is 2.73. The van der Waals surface area contributed by atoms with Crippen LogP contribution in [0, 0.1) is 5.92 Å². The smallest absolute Gasteiger partial charge is 0.543 e. The maximum atomic E-state index is 12.2. The van der Waals surface area contributed by atoms with Crippen molar-refractivity contribution in [3.05, 3.63) is 22.2 Å². The molecule has 0 aliphatic carbocycles. The van der Waals surface area contributed by atoms with Crippen molar-refractivity contribution in [3.8, 4) is 0 Å². The summed E-state index contributed by atoms with van der Waals surface area (Å²) in [6.45, 7) is 3.36. The van der Waals surface area contributed by atoms with Gasteiger partial charge in [-0.05, 0) is 11.7 Å². The molecule has 120 valence electrons. The molecule has 2 aliphatic heterocycles. The quantitative estimate of drug-likeness (QED) is 0.407. The van der Waals surface area contributed by atoms with E-state index in [9.17, 15) is 19.5 Å². The standard InChI is InChI=1S/C14H18N2O4S2.Na/c1-7(21-3)11-9-6-10(22-5-4-15-8(2)17)12(14(19)20)16(9)13(11)18;/h4-5,7,9,11H,6H2,1-3H3,(H,15,17)(H,19,20);/q;+1/p-1/b5-4+;/t7?,9-,11-;/m1./s1. The van der Waals surface area contributed by atoms with E-state index in [0.717, 1.165) is 0 Å². The second-order valence-corrected chi connectivity index (χ2v) is 7.34. The number of nitrogens with zero attached hydrogens (tertiary/aromatic N) is 1. The molecule has 2 aliphatic rings. The molecule has 1 saturated heterocycles. The maximum Gasteiger partial charge on any atom is 1.00 e. The molecule has 6 nitrogen and oxygen atoms in total. The second kappa shape index (κ2) is 8.62. The number of thioether (sulfide) groups is 2. The van der Waals surface area contributed by atoms with E-state index in [-0.39, 0.29) is 64.3 Å². The largest absolute Gasteiger partial charge is 1.00 e. The first-order chi connectivity index (χ1) is 10.4. The zero-order valence-electron chi connectivity index (χ0n) is 13.5. The van der Waals surface area contributed by atoms with E-state index in [1.807, 2.05) is 13.2 Å². The zero-order valence-corrected chi connectivity index (χ0v) is 17.1. The van der Waals surface area contributed by atoms with E-state index < -0.39 is 5.97 Å². The van der Waals surface area contributed by atoms with Crippen LogP contribution in [-0.2, 0) is 14.4 Å². The fraction of sp³-hybridized carbons (Fsp3) is 0.500. The van der Waals surface area contributed by atoms with Crippen molar-refractivity contribution in [3.63, 3.8) is 0 Å². The summed E-state index contributed by atoms with van der Waals surface area (Å²) in [5.41, 5.74) is -0.0305. The van der Waals surface area contributed by atoms with Crippen molar-refractivity contribution in [2.75, 3.05) is 6.26 Å². The van der Waals surface area contributed by atoms with Crippen LogP contribution in [0.2, 0.25) is 0 Å². The minimum Gasteiger partial charge on any atom is -0.543 e. The molecule has 2 rings (SSSR count). The van der Waals surface area contributed by atoms with Crippen LogP contribution in [0.5, 0.6) is 0 Å². The van der Waals surface area contributed by atoms with Gasteiger partial charge in [-0.15, -0.1) is 0 Å².